The minimum Gasteiger partial charge on any atom is -0.493 e. The van der Waals surface area contributed by atoms with E-state index in [0.29, 0.717) is 0 Å². The minimum absolute atomic E-state index is 0.124. The van der Waals surface area contributed by atoms with Gasteiger partial charge in [0.25, 0.3) is 5.69 Å². The molecule has 0 aliphatic rings. The lowest BCUT2D eigenvalue weighted by atomic mass is 10.1. The van der Waals surface area contributed by atoms with Gasteiger partial charge in [-0.2, -0.15) is 0 Å². The van der Waals surface area contributed by atoms with Crippen LogP contribution in [-0.4, -0.2) is 24.6 Å². The van der Waals surface area contributed by atoms with E-state index in [4.69, 9.17) is 14.2 Å². The molecule has 0 spiro atoms. The van der Waals surface area contributed by atoms with Crippen LogP contribution >= 0.6 is 0 Å². The maximum Gasteiger partial charge on any atom is 0.345 e. The first-order chi connectivity index (χ1) is 12.0. The monoisotopic (exact) mass is 349 g/mol. The van der Waals surface area contributed by atoms with E-state index in [1.807, 2.05) is 0 Å². The molecule has 0 unspecified atom stereocenters. The van der Waals surface area contributed by atoms with E-state index in [0.717, 1.165) is 6.07 Å². The highest BCUT2D eigenvalue weighted by atomic mass is 19.1. The third-order valence-electron chi connectivity index (χ3n) is 3.32. The molecule has 8 heteroatoms. The molecular formula is C17H16FNO6. The molecule has 0 saturated carbocycles. The molecule has 0 amide bonds. The number of hydrogen-bond acceptors (Lipinski definition) is 6. The first-order valence-electron chi connectivity index (χ1n) is 7.37. The van der Waals surface area contributed by atoms with E-state index in [9.17, 15) is 19.3 Å². The maximum atomic E-state index is 13.6. The fourth-order valence-electron chi connectivity index (χ4n) is 2.13. The third kappa shape index (κ3) is 4.23. The fourth-order valence-corrected chi connectivity index (χ4v) is 2.13. The summed E-state index contributed by atoms with van der Waals surface area (Å²) in [5, 5.41) is 11.2. The van der Waals surface area contributed by atoms with Gasteiger partial charge < -0.3 is 14.2 Å². The molecule has 25 heavy (non-hydrogen) atoms. The Bertz CT molecular complexity index is 793. The van der Waals surface area contributed by atoms with Crippen molar-refractivity contribution < 1.29 is 28.3 Å². The van der Waals surface area contributed by atoms with Gasteiger partial charge in [-0.25, -0.2) is 9.18 Å². The molecule has 2 aromatic carbocycles. The van der Waals surface area contributed by atoms with Gasteiger partial charge in [-0.3, -0.25) is 10.1 Å². The van der Waals surface area contributed by atoms with Gasteiger partial charge in [-0.05, 0) is 13.0 Å². The van der Waals surface area contributed by atoms with E-state index in [2.05, 4.69) is 0 Å². The second-order valence-corrected chi connectivity index (χ2v) is 4.88. The highest BCUT2D eigenvalue weighted by Gasteiger charge is 2.26. The number of benzene rings is 2. The lowest BCUT2D eigenvalue weighted by Gasteiger charge is -2.12. The summed E-state index contributed by atoms with van der Waals surface area (Å²) in [7, 11) is 1.33. The Kier molecular flexibility index (Phi) is 5.89. The predicted molar refractivity (Wildman–Crippen MR) is 86.3 cm³/mol. The van der Waals surface area contributed by atoms with Gasteiger partial charge >= 0.3 is 5.97 Å². The number of nitrogens with zero attached hydrogens (tertiary/aromatic N) is 1. The number of halogens is 1. The van der Waals surface area contributed by atoms with Crippen molar-refractivity contribution in [3.63, 3.8) is 0 Å². The second-order valence-electron chi connectivity index (χ2n) is 4.88. The standard InChI is InChI=1S/C17H16FNO6/c1-3-24-16-8-12(14(19(21)22)9-15(16)23-2)17(20)25-10-11-6-4-5-7-13(11)18/h4-9H,3,10H2,1-2H3. The van der Waals surface area contributed by atoms with Crippen molar-refractivity contribution in [2.45, 2.75) is 13.5 Å². The van der Waals surface area contributed by atoms with Crippen LogP contribution in [0.5, 0.6) is 11.5 Å². The topological polar surface area (TPSA) is 87.9 Å². The van der Waals surface area contributed by atoms with Crippen LogP contribution in [-0.2, 0) is 11.3 Å². The van der Waals surface area contributed by atoms with Crippen LogP contribution in [0.3, 0.4) is 0 Å². The normalized spacial score (nSPS) is 10.2. The molecule has 0 heterocycles. The third-order valence-corrected chi connectivity index (χ3v) is 3.32. The number of carbonyl (C=O) groups excluding carboxylic acids is 1. The first-order valence-corrected chi connectivity index (χ1v) is 7.37. The number of methoxy groups -OCH3 is 1. The van der Waals surface area contributed by atoms with Gasteiger partial charge in [0.05, 0.1) is 24.7 Å². The Balaban J connectivity index is 2.32. The number of rotatable bonds is 7. The Morgan fingerprint density at radius 2 is 1.96 bits per heavy atom. The number of carbonyl (C=O) groups is 1. The van der Waals surface area contributed by atoms with Crippen molar-refractivity contribution in [3.8, 4) is 11.5 Å². The molecular weight excluding hydrogens is 333 g/mol. The van der Waals surface area contributed by atoms with Crippen LogP contribution in [0.4, 0.5) is 10.1 Å². The van der Waals surface area contributed by atoms with E-state index >= 15 is 0 Å². The predicted octanol–water partition coefficient (Wildman–Crippen LogP) is 3.50. The van der Waals surface area contributed by atoms with Gasteiger partial charge in [0.15, 0.2) is 11.5 Å². The Labute approximate surface area is 143 Å². The van der Waals surface area contributed by atoms with Crippen LogP contribution in [0.25, 0.3) is 0 Å². The molecule has 0 bridgehead atoms. The first kappa shape index (κ1) is 18.2. The SMILES string of the molecule is CCOc1cc(C(=O)OCc2ccccc2F)c([N+](=O)[O-])cc1OC. The number of nitro groups is 1. The summed E-state index contributed by atoms with van der Waals surface area (Å²) in [4.78, 5) is 22.8. The molecule has 0 aliphatic carbocycles. The molecule has 0 radical (unpaired) electrons. The van der Waals surface area contributed by atoms with Crippen LogP contribution in [0, 0.1) is 15.9 Å². The van der Waals surface area contributed by atoms with Crippen LogP contribution in [0.15, 0.2) is 36.4 Å². The molecule has 0 N–H and O–H groups in total. The van der Waals surface area contributed by atoms with Crippen molar-refractivity contribution in [1.82, 2.24) is 0 Å². The van der Waals surface area contributed by atoms with Gasteiger partial charge in [-0.1, -0.05) is 18.2 Å². The number of nitro benzene ring substituents is 1. The summed E-state index contributed by atoms with van der Waals surface area (Å²) >= 11 is 0. The maximum absolute atomic E-state index is 13.6. The lowest BCUT2D eigenvalue weighted by molar-refractivity contribution is -0.385. The van der Waals surface area contributed by atoms with Crippen molar-refractivity contribution in [1.29, 1.82) is 0 Å². The van der Waals surface area contributed by atoms with Gasteiger partial charge in [-0.15, -0.1) is 0 Å². The molecule has 0 aliphatic heterocycles. The average molecular weight is 349 g/mol. The summed E-state index contributed by atoms with van der Waals surface area (Å²) in [6.07, 6.45) is 0. The molecule has 7 nitrogen and oxygen atoms in total. The highest BCUT2D eigenvalue weighted by Crippen LogP contribution is 2.35. The molecule has 0 aromatic heterocycles. The molecule has 2 rings (SSSR count). The molecule has 0 fully saturated rings. The summed E-state index contributed by atoms with van der Waals surface area (Å²) in [5.41, 5.74) is -0.624. The van der Waals surface area contributed by atoms with E-state index in [1.165, 1.54) is 31.4 Å². The van der Waals surface area contributed by atoms with Gasteiger partial charge in [0, 0.05) is 11.6 Å². The second kappa shape index (κ2) is 8.09. The Morgan fingerprint density at radius 1 is 1.24 bits per heavy atom. The summed E-state index contributed by atoms with van der Waals surface area (Å²) in [6.45, 7) is 1.65. The lowest BCUT2D eigenvalue weighted by Crippen LogP contribution is -2.10. The van der Waals surface area contributed by atoms with Gasteiger partial charge in [0.1, 0.15) is 18.0 Å². The quantitative estimate of drug-likeness (QED) is 0.432. The summed E-state index contributed by atoms with van der Waals surface area (Å²) in [6, 6.07) is 8.05. The zero-order valence-corrected chi connectivity index (χ0v) is 13.7. The van der Waals surface area contributed by atoms with Crippen LogP contribution in [0.1, 0.15) is 22.8 Å². The van der Waals surface area contributed by atoms with Crippen LogP contribution < -0.4 is 9.47 Å². The van der Waals surface area contributed by atoms with E-state index in [1.54, 1.807) is 13.0 Å². The Hall–Kier alpha value is -3.16. The largest absolute Gasteiger partial charge is 0.493 e. The molecule has 2 aromatic rings. The fraction of sp³-hybridized carbons (Fsp3) is 0.235. The smallest absolute Gasteiger partial charge is 0.345 e. The number of ether oxygens (including phenoxy) is 3. The number of hydrogen-bond donors (Lipinski definition) is 0. The average Bonchev–Trinajstić information content (AvgIpc) is 2.60. The summed E-state index contributed by atoms with van der Waals surface area (Å²) in [5.74, 6) is -1.19. The van der Waals surface area contributed by atoms with Gasteiger partial charge in [0.2, 0.25) is 0 Å². The summed E-state index contributed by atoms with van der Waals surface area (Å²) < 4.78 is 28.9. The molecule has 0 saturated heterocycles. The zero-order valence-electron chi connectivity index (χ0n) is 13.7. The molecule has 132 valence electrons. The minimum atomic E-state index is -0.960. The van der Waals surface area contributed by atoms with Crippen molar-refractivity contribution in [2.75, 3.05) is 13.7 Å². The van der Waals surface area contributed by atoms with Crippen molar-refractivity contribution in [2.24, 2.45) is 0 Å². The number of esters is 1. The Morgan fingerprint density at radius 3 is 2.56 bits per heavy atom. The zero-order chi connectivity index (χ0) is 18.4. The van der Waals surface area contributed by atoms with Crippen LogP contribution in [0.2, 0.25) is 0 Å². The van der Waals surface area contributed by atoms with E-state index < -0.39 is 22.4 Å². The van der Waals surface area contributed by atoms with Crippen molar-refractivity contribution in [3.05, 3.63) is 63.5 Å². The highest BCUT2D eigenvalue weighted by molar-refractivity contribution is 5.95. The molecule has 0 atom stereocenters. The van der Waals surface area contributed by atoms with Crippen molar-refractivity contribution >= 4 is 11.7 Å². The van der Waals surface area contributed by atoms with E-state index in [-0.39, 0.29) is 35.8 Å².